The molecular weight excluding hydrogens is 364 g/mol. The molecule has 0 bridgehead atoms. The third-order valence-corrected chi connectivity index (χ3v) is 6.11. The first kappa shape index (κ1) is 17.6. The van der Waals surface area contributed by atoms with Crippen LogP contribution in [0.3, 0.4) is 0 Å². The summed E-state index contributed by atoms with van der Waals surface area (Å²) in [4.78, 5) is 14.0. The Labute approximate surface area is 150 Å². The number of nitrogens with one attached hydrogen (secondary N) is 1. The summed E-state index contributed by atoms with van der Waals surface area (Å²) in [6, 6.07) is 9.84. The fourth-order valence-electron chi connectivity index (χ4n) is 2.63. The van der Waals surface area contributed by atoms with E-state index in [0.29, 0.717) is 22.9 Å². The fourth-order valence-corrected chi connectivity index (χ4v) is 4.53. The molecule has 2 aromatic rings. The third kappa shape index (κ3) is 4.26. The Hall–Kier alpha value is -2.19. The molecule has 1 aromatic heterocycles. The van der Waals surface area contributed by atoms with E-state index in [1.807, 2.05) is 0 Å². The molecule has 1 atom stereocenters. The molecule has 2 heterocycles. The largest absolute Gasteiger partial charge is 0.354 e. The second kappa shape index (κ2) is 6.97. The van der Waals surface area contributed by atoms with Gasteiger partial charge in [-0.3, -0.25) is 4.79 Å². The first-order valence-electron chi connectivity index (χ1n) is 7.68. The zero-order chi connectivity index (χ0) is 18.0. The van der Waals surface area contributed by atoms with E-state index in [1.54, 1.807) is 48.3 Å². The molecule has 132 valence electrons. The van der Waals surface area contributed by atoms with Crippen LogP contribution in [0.2, 0.25) is 5.02 Å². The molecule has 3 rings (SSSR count). The highest BCUT2D eigenvalue weighted by Gasteiger charge is 2.31. The van der Waals surface area contributed by atoms with E-state index >= 15 is 0 Å². The van der Waals surface area contributed by atoms with Gasteiger partial charge in [-0.2, -0.15) is 0 Å². The number of benzene rings is 1. The van der Waals surface area contributed by atoms with Gasteiger partial charge < -0.3 is 10.2 Å². The summed E-state index contributed by atoms with van der Waals surface area (Å²) in [7, 11) is -1.19. The lowest BCUT2D eigenvalue weighted by molar-refractivity contribution is 0.102. The van der Waals surface area contributed by atoms with Gasteiger partial charge in [-0.1, -0.05) is 11.6 Å². The number of halogens is 1. The van der Waals surface area contributed by atoms with Gasteiger partial charge in [-0.05, 0) is 42.8 Å². The number of carbonyl (C=O) groups excluding carboxylic acids is 1. The molecule has 1 N–H and O–H groups in total. The Morgan fingerprint density at radius 1 is 1.20 bits per heavy atom. The summed E-state index contributed by atoms with van der Waals surface area (Å²) < 4.78 is 23.2. The van der Waals surface area contributed by atoms with Crippen molar-refractivity contribution in [3.8, 4) is 0 Å². The molecule has 1 aliphatic heterocycles. The van der Waals surface area contributed by atoms with Crippen LogP contribution in [-0.4, -0.2) is 49.1 Å². The smallest absolute Gasteiger partial charge is 0.276 e. The average molecular weight is 381 g/mol. The summed E-state index contributed by atoms with van der Waals surface area (Å²) in [6.07, 6.45) is 0.569. The standard InChI is InChI=1S/C16H17ClN4O3S/c1-21(13-8-9-25(23,24)10-13)15-7-6-14(19-20-15)16(22)18-12-4-2-11(17)3-5-12/h2-7,13H,8-10H2,1H3,(H,18,22). The minimum Gasteiger partial charge on any atom is -0.354 e. The summed E-state index contributed by atoms with van der Waals surface area (Å²) >= 11 is 5.81. The second-order valence-electron chi connectivity index (χ2n) is 5.91. The summed E-state index contributed by atoms with van der Waals surface area (Å²) in [5, 5.41) is 11.3. The Bertz CT molecular complexity index is 869. The van der Waals surface area contributed by atoms with Gasteiger partial charge in [0.2, 0.25) is 0 Å². The van der Waals surface area contributed by atoms with Gasteiger partial charge >= 0.3 is 0 Å². The van der Waals surface area contributed by atoms with Crippen LogP contribution >= 0.6 is 11.6 Å². The van der Waals surface area contributed by atoms with Crippen molar-refractivity contribution in [2.45, 2.75) is 12.5 Å². The van der Waals surface area contributed by atoms with E-state index in [1.165, 1.54) is 0 Å². The first-order valence-corrected chi connectivity index (χ1v) is 9.88. The first-order chi connectivity index (χ1) is 11.8. The molecule has 1 fully saturated rings. The SMILES string of the molecule is CN(c1ccc(C(=O)Nc2ccc(Cl)cc2)nn1)C1CCS(=O)(=O)C1. The molecule has 1 aliphatic rings. The van der Waals surface area contributed by atoms with Crippen molar-refractivity contribution in [3.63, 3.8) is 0 Å². The number of hydrogen-bond donors (Lipinski definition) is 1. The molecule has 0 aliphatic carbocycles. The van der Waals surface area contributed by atoms with Gasteiger partial charge in [-0.25, -0.2) is 8.42 Å². The lowest BCUT2D eigenvalue weighted by Crippen LogP contribution is -2.33. The predicted octanol–water partition coefficient (Wildman–Crippen LogP) is 2.01. The number of nitrogens with zero attached hydrogens (tertiary/aromatic N) is 3. The van der Waals surface area contributed by atoms with Crippen LogP contribution in [0.15, 0.2) is 36.4 Å². The average Bonchev–Trinajstić information content (AvgIpc) is 2.96. The van der Waals surface area contributed by atoms with Crippen LogP contribution < -0.4 is 10.2 Å². The van der Waals surface area contributed by atoms with Crippen LogP contribution in [-0.2, 0) is 9.84 Å². The van der Waals surface area contributed by atoms with Crippen LogP contribution in [0.1, 0.15) is 16.9 Å². The molecular formula is C16H17ClN4O3S. The van der Waals surface area contributed by atoms with Crippen molar-refractivity contribution in [2.24, 2.45) is 0 Å². The van der Waals surface area contributed by atoms with Gasteiger partial charge in [0, 0.05) is 23.8 Å². The normalized spacial score (nSPS) is 18.7. The van der Waals surface area contributed by atoms with Gasteiger partial charge in [0.05, 0.1) is 11.5 Å². The fraction of sp³-hybridized carbons (Fsp3) is 0.312. The number of amides is 1. The van der Waals surface area contributed by atoms with Gasteiger partial charge in [0.15, 0.2) is 21.3 Å². The highest BCUT2D eigenvalue weighted by atomic mass is 35.5. The van der Waals surface area contributed by atoms with Gasteiger partial charge in [0.25, 0.3) is 5.91 Å². The second-order valence-corrected chi connectivity index (χ2v) is 8.57. The molecule has 1 unspecified atom stereocenters. The van der Waals surface area contributed by atoms with E-state index in [-0.39, 0.29) is 29.1 Å². The zero-order valence-corrected chi connectivity index (χ0v) is 15.1. The lowest BCUT2D eigenvalue weighted by atomic mass is 10.2. The van der Waals surface area contributed by atoms with Crippen molar-refractivity contribution in [1.82, 2.24) is 10.2 Å². The molecule has 0 radical (unpaired) electrons. The highest BCUT2D eigenvalue weighted by Crippen LogP contribution is 2.21. The zero-order valence-electron chi connectivity index (χ0n) is 13.5. The van der Waals surface area contributed by atoms with Crippen molar-refractivity contribution in [1.29, 1.82) is 0 Å². The van der Waals surface area contributed by atoms with Crippen molar-refractivity contribution >= 4 is 38.9 Å². The highest BCUT2D eigenvalue weighted by molar-refractivity contribution is 7.91. The molecule has 0 saturated carbocycles. The maximum absolute atomic E-state index is 12.2. The minimum atomic E-state index is -2.97. The summed E-state index contributed by atoms with van der Waals surface area (Å²) in [5.41, 5.74) is 0.778. The Kier molecular flexibility index (Phi) is 4.91. The van der Waals surface area contributed by atoms with Gasteiger partial charge in [-0.15, -0.1) is 10.2 Å². The van der Waals surface area contributed by atoms with Crippen LogP contribution in [0, 0.1) is 0 Å². The Morgan fingerprint density at radius 2 is 1.92 bits per heavy atom. The molecule has 1 aromatic carbocycles. The van der Waals surface area contributed by atoms with Crippen LogP contribution in [0.25, 0.3) is 0 Å². The summed E-state index contributed by atoms with van der Waals surface area (Å²) in [6.45, 7) is 0. The molecule has 9 heteroatoms. The van der Waals surface area contributed by atoms with E-state index in [0.717, 1.165) is 0 Å². The lowest BCUT2D eigenvalue weighted by Gasteiger charge is -2.23. The summed E-state index contributed by atoms with van der Waals surface area (Å²) in [5.74, 6) is 0.457. The topological polar surface area (TPSA) is 92.3 Å². The molecule has 7 nitrogen and oxygen atoms in total. The number of sulfone groups is 1. The van der Waals surface area contributed by atoms with Crippen LogP contribution in [0.4, 0.5) is 11.5 Å². The number of aromatic nitrogens is 2. The number of hydrogen-bond acceptors (Lipinski definition) is 6. The van der Waals surface area contributed by atoms with Gasteiger partial charge in [0.1, 0.15) is 0 Å². The molecule has 25 heavy (non-hydrogen) atoms. The van der Waals surface area contributed by atoms with E-state index < -0.39 is 9.84 Å². The quantitative estimate of drug-likeness (QED) is 0.872. The van der Waals surface area contributed by atoms with E-state index in [4.69, 9.17) is 11.6 Å². The monoisotopic (exact) mass is 380 g/mol. The number of rotatable bonds is 4. The molecule has 0 spiro atoms. The van der Waals surface area contributed by atoms with Crippen molar-refractivity contribution < 1.29 is 13.2 Å². The molecule has 1 saturated heterocycles. The van der Waals surface area contributed by atoms with Crippen molar-refractivity contribution in [3.05, 3.63) is 47.1 Å². The Morgan fingerprint density at radius 3 is 2.48 bits per heavy atom. The van der Waals surface area contributed by atoms with E-state index in [9.17, 15) is 13.2 Å². The van der Waals surface area contributed by atoms with E-state index in [2.05, 4.69) is 15.5 Å². The maximum Gasteiger partial charge on any atom is 0.276 e. The predicted molar refractivity (Wildman–Crippen MR) is 96.9 cm³/mol. The van der Waals surface area contributed by atoms with Crippen LogP contribution in [0.5, 0.6) is 0 Å². The maximum atomic E-state index is 12.2. The number of anilines is 2. The Balaban J connectivity index is 1.67. The number of carbonyl (C=O) groups is 1. The third-order valence-electron chi connectivity index (χ3n) is 4.10. The molecule has 1 amide bonds. The van der Waals surface area contributed by atoms with Crippen molar-refractivity contribution in [2.75, 3.05) is 28.8 Å². The minimum absolute atomic E-state index is 0.115.